The van der Waals surface area contributed by atoms with Gasteiger partial charge in [-0.3, -0.25) is 0 Å². The molecule has 1 aromatic carbocycles. The van der Waals surface area contributed by atoms with E-state index in [2.05, 4.69) is 28.2 Å². The highest BCUT2D eigenvalue weighted by molar-refractivity contribution is 9.10. The Kier molecular flexibility index (Phi) is 6.42. The summed E-state index contributed by atoms with van der Waals surface area (Å²) in [4.78, 5) is 0. The summed E-state index contributed by atoms with van der Waals surface area (Å²) in [5.41, 5.74) is 0.714. The zero-order valence-electron chi connectivity index (χ0n) is 11.7. The number of ether oxygens (including phenoxy) is 2. The SMILES string of the molecule is CCCNC(Cc1cc(Br)ccc1F)CC1OCCO1. The fourth-order valence-electron chi connectivity index (χ4n) is 2.33. The van der Waals surface area contributed by atoms with Crippen LogP contribution in [0.2, 0.25) is 0 Å². The van der Waals surface area contributed by atoms with E-state index in [1.165, 1.54) is 6.07 Å². The molecule has 112 valence electrons. The molecular weight excluding hydrogens is 325 g/mol. The Hall–Kier alpha value is -0.490. The maximum atomic E-state index is 13.9. The van der Waals surface area contributed by atoms with E-state index in [9.17, 15) is 4.39 Å². The van der Waals surface area contributed by atoms with Crippen LogP contribution in [0, 0.1) is 5.82 Å². The van der Waals surface area contributed by atoms with Gasteiger partial charge >= 0.3 is 0 Å². The Balaban J connectivity index is 1.99. The van der Waals surface area contributed by atoms with Gasteiger partial charge in [0, 0.05) is 16.9 Å². The number of hydrogen-bond donors (Lipinski definition) is 1. The summed E-state index contributed by atoms with van der Waals surface area (Å²) in [5, 5.41) is 3.45. The van der Waals surface area contributed by atoms with E-state index in [0.29, 0.717) is 25.2 Å². The Labute approximate surface area is 128 Å². The van der Waals surface area contributed by atoms with Crippen molar-refractivity contribution in [1.29, 1.82) is 0 Å². The molecule has 0 amide bonds. The molecule has 1 aromatic rings. The van der Waals surface area contributed by atoms with Crippen LogP contribution in [0.4, 0.5) is 4.39 Å². The van der Waals surface area contributed by atoms with Gasteiger partial charge in [-0.2, -0.15) is 0 Å². The van der Waals surface area contributed by atoms with Crippen LogP contribution in [0.1, 0.15) is 25.3 Å². The first-order chi connectivity index (χ1) is 9.69. The molecule has 1 saturated heterocycles. The molecule has 1 aliphatic rings. The van der Waals surface area contributed by atoms with E-state index in [4.69, 9.17) is 9.47 Å². The van der Waals surface area contributed by atoms with E-state index >= 15 is 0 Å². The molecule has 3 nitrogen and oxygen atoms in total. The van der Waals surface area contributed by atoms with Gasteiger partial charge in [-0.1, -0.05) is 22.9 Å². The van der Waals surface area contributed by atoms with Gasteiger partial charge in [0.2, 0.25) is 0 Å². The maximum Gasteiger partial charge on any atom is 0.159 e. The average molecular weight is 346 g/mol. The third kappa shape index (κ3) is 4.81. The number of rotatable bonds is 7. The molecule has 1 fully saturated rings. The van der Waals surface area contributed by atoms with Crippen molar-refractivity contribution in [2.75, 3.05) is 19.8 Å². The number of benzene rings is 1. The monoisotopic (exact) mass is 345 g/mol. The van der Waals surface area contributed by atoms with Gasteiger partial charge in [0.15, 0.2) is 6.29 Å². The second kappa shape index (κ2) is 8.08. The van der Waals surface area contributed by atoms with Gasteiger partial charge in [0.1, 0.15) is 5.82 Å². The largest absolute Gasteiger partial charge is 0.350 e. The third-order valence-corrected chi connectivity index (χ3v) is 3.82. The van der Waals surface area contributed by atoms with Crippen LogP contribution in [-0.4, -0.2) is 32.1 Å². The molecule has 0 aromatic heterocycles. The van der Waals surface area contributed by atoms with Crippen molar-refractivity contribution in [3.05, 3.63) is 34.1 Å². The van der Waals surface area contributed by atoms with Crippen molar-refractivity contribution in [3.63, 3.8) is 0 Å². The van der Waals surface area contributed by atoms with Crippen LogP contribution in [0.3, 0.4) is 0 Å². The minimum absolute atomic E-state index is 0.154. The van der Waals surface area contributed by atoms with Crippen LogP contribution in [-0.2, 0) is 15.9 Å². The molecule has 5 heteroatoms. The highest BCUT2D eigenvalue weighted by Crippen LogP contribution is 2.19. The lowest BCUT2D eigenvalue weighted by molar-refractivity contribution is -0.0526. The molecule has 0 radical (unpaired) electrons. The molecule has 0 saturated carbocycles. The topological polar surface area (TPSA) is 30.5 Å². The summed E-state index contributed by atoms with van der Waals surface area (Å²) in [6.45, 7) is 4.33. The summed E-state index contributed by atoms with van der Waals surface area (Å²) in [7, 11) is 0. The summed E-state index contributed by atoms with van der Waals surface area (Å²) in [5.74, 6) is -0.162. The van der Waals surface area contributed by atoms with Crippen LogP contribution in [0.5, 0.6) is 0 Å². The fourth-order valence-corrected chi connectivity index (χ4v) is 2.74. The molecule has 20 heavy (non-hydrogen) atoms. The first-order valence-corrected chi connectivity index (χ1v) is 7.89. The first kappa shape index (κ1) is 15.9. The van der Waals surface area contributed by atoms with Crippen LogP contribution < -0.4 is 5.32 Å². The van der Waals surface area contributed by atoms with Crippen molar-refractivity contribution in [2.24, 2.45) is 0 Å². The summed E-state index contributed by atoms with van der Waals surface area (Å²) < 4.78 is 25.7. The molecule has 1 atom stereocenters. The second-order valence-electron chi connectivity index (χ2n) is 5.00. The predicted molar refractivity (Wildman–Crippen MR) is 80.2 cm³/mol. The van der Waals surface area contributed by atoms with E-state index in [0.717, 1.165) is 23.9 Å². The Morgan fingerprint density at radius 2 is 2.15 bits per heavy atom. The zero-order chi connectivity index (χ0) is 14.4. The summed E-state index contributed by atoms with van der Waals surface area (Å²) >= 11 is 3.39. The second-order valence-corrected chi connectivity index (χ2v) is 5.91. The van der Waals surface area contributed by atoms with Gasteiger partial charge in [-0.05, 0) is 43.1 Å². The lowest BCUT2D eigenvalue weighted by Gasteiger charge is -2.21. The molecular formula is C15H21BrFNO2. The van der Waals surface area contributed by atoms with Gasteiger partial charge in [0.05, 0.1) is 13.2 Å². The average Bonchev–Trinajstić information content (AvgIpc) is 2.93. The number of nitrogens with one attached hydrogen (secondary N) is 1. The predicted octanol–water partition coefficient (Wildman–Crippen LogP) is 3.26. The van der Waals surface area contributed by atoms with E-state index in [-0.39, 0.29) is 18.1 Å². The highest BCUT2D eigenvalue weighted by atomic mass is 79.9. The van der Waals surface area contributed by atoms with Crippen molar-refractivity contribution in [1.82, 2.24) is 5.32 Å². The molecule has 0 aliphatic carbocycles. The van der Waals surface area contributed by atoms with Crippen molar-refractivity contribution in [3.8, 4) is 0 Å². The van der Waals surface area contributed by atoms with Crippen molar-refractivity contribution < 1.29 is 13.9 Å². The molecule has 0 bridgehead atoms. The van der Waals surface area contributed by atoms with Gasteiger partial charge in [-0.25, -0.2) is 4.39 Å². The van der Waals surface area contributed by atoms with Crippen molar-refractivity contribution >= 4 is 15.9 Å². The Morgan fingerprint density at radius 3 is 2.85 bits per heavy atom. The van der Waals surface area contributed by atoms with Gasteiger partial charge in [-0.15, -0.1) is 0 Å². The van der Waals surface area contributed by atoms with Crippen LogP contribution in [0.15, 0.2) is 22.7 Å². The standard InChI is InChI=1S/C15H21BrFNO2/c1-2-5-18-13(10-15-19-6-7-20-15)9-11-8-12(16)3-4-14(11)17/h3-4,8,13,15,18H,2,5-7,9-10H2,1H3. The normalized spacial score (nSPS) is 17.6. The smallest absolute Gasteiger partial charge is 0.159 e. The quantitative estimate of drug-likeness (QED) is 0.822. The summed E-state index contributed by atoms with van der Waals surface area (Å²) in [6, 6.07) is 5.21. The minimum atomic E-state index is -0.167. The zero-order valence-corrected chi connectivity index (χ0v) is 13.3. The van der Waals surface area contributed by atoms with Crippen LogP contribution >= 0.6 is 15.9 Å². The molecule has 1 aliphatic heterocycles. The molecule has 2 rings (SSSR count). The lowest BCUT2D eigenvalue weighted by Crippen LogP contribution is -2.35. The molecule has 0 spiro atoms. The van der Waals surface area contributed by atoms with E-state index in [1.54, 1.807) is 6.07 Å². The van der Waals surface area contributed by atoms with Gasteiger partial charge < -0.3 is 14.8 Å². The highest BCUT2D eigenvalue weighted by Gasteiger charge is 2.22. The molecule has 1 unspecified atom stereocenters. The Bertz CT molecular complexity index is 424. The molecule has 1 heterocycles. The molecule has 1 N–H and O–H groups in total. The number of hydrogen-bond acceptors (Lipinski definition) is 3. The lowest BCUT2D eigenvalue weighted by atomic mass is 10.0. The third-order valence-electron chi connectivity index (χ3n) is 3.32. The van der Waals surface area contributed by atoms with Crippen LogP contribution in [0.25, 0.3) is 0 Å². The van der Waals surface area contributed by atoms with E-state index < -0.39 is 0 Å². The first-order valence-electron chi connectivity index (χ1n) is 7.09. The Morgan fingerprint density at radius 1 is 1.40 bits per heavy atom. The van der Waals surface area contributed by atoms with E-state index in [1.807, 2.05) is 6.07 Å². The number of halogens is 2. The maximum absolute atomic E-state index is 13.9. The summed E-state index contributed by atoms with van der Waals surface area (Å²) in [6.07, 6.45) is 2.25. The van der Waals surface area contributed by atoms with Gasteiger partial charge in [0.25, 0.3) is 0 Å². The minimum Gasteiger partial charge on any atom is -0.350 e. The fraction of sp³-hybridized carbons (Fsp3) is 0.600. The van der Waals surface area contributed by atoms with Crippen molar-refractivity contribution in [2.45, 2.75) is 38.5 Å².